The lowest BCUT2D eigenvalue weighted by Crippen LogP contribution is -2.43. The van der Waals surface area contributed by atoms with Crippen molar-refractivity contribution in [1.82, 2.24) is 14.8 Å². The highest BCUT2D eigenvalue weighted by Crippen LogP contribution is 2.23. The number of thiocarbonyl (C=S) groups is 1. The quantitative estimate of drug-likeness (QED) is 0.802. The van der Waals surface area contributed by atoms with Crippen molar-refractivity contribution in [2.24, 2.45) is 0 Å². The third-order valence-electron chi connectivity index (χ3n) is 3.06. The fraction of sp³-hybridized carbons (Fsp3) is 0.286. The van der Waals surface area contributed by atoms with E-state index >= 15 is 0 Å². The van der Waals surface area contributed by atoms with Crippen molar-refractivity contribution in [3.05, 3.63) is 52.5 Å². The monoisotopic (exact) mass is 321 g/mol. The molecular weight excluding hydrogens is 306 g/mol. The summed E-state index contributed by atoms with van der Waals surface area (Å²) in [5, 5.41) is 2.11. The second-order valence-corrected chi connectivity index (χ2v) is 7.26. The van der Waals surface area contributed by atoms with E-state index in [-0.39, 0.29) is 0 Å². The molecule has 0 radical (unpaired) electrons. The van der Waals surface area contributed by atoms with E-state index < -0.39 is 0 Å². The topological polar surface area (TPSA) is 19.4 Å². The van der Waals surface area contributed by atoms with Crippen molar-refractivity contribution in [3.8, 4) is 0 Å². The number of thiophene rings is 1. The highest BCUT2D eigenvalue weighted by molar-refractivity contribution is 8.22. The van der Waals surface area contributed by atoms with Crippen molar-refractivity contribution in [3.63, 3.8) is 0 Å². The number of pyridine rings is 1. The van der Waals surface area contributed by atoms with E-state index in [9.17, 15) is 0 Å². The number of rotatable bonds is 4. The second kappa shape index (κ2) is 6.67. The molecule has 1 aliphatic rings. The van der Waals surface area contributed by atoms with E-state index in [2.05, 4.69) is 38.4 Å². The minimum absolute atomic E-state index is 0.888. The van der Waals surface area contributed by atoms with Gasteiger partial charge < -0.3 is 4.90 Å². The zero-order chi connectivity index (χ0) is 13.8. The third-order valence-corrected chi connectivity index (χ3v) is 5.53. The molecular formula is C14H15N3S3. The van der Waals surface area contributed by atoms with Gasteiger partial charge in [0.1, 0.15) is 4.32 Å². The van der Waals surface area contributed by atoms with Gasteiger partial charge in [0.15, 0.2) is 0 Å². The van der Waals surface area contributed by atoms with Crippen LogP contribution in [0.2, 0.25) is 0 Å². The Morgan fingerprint density at radius 2 is 2.20 bits per heavy atom. The highest BCUT2D eigenvalue weighted by atomic mass is 32.2. The lowest BCUT2D eigenvalue weighted by atomic mass is 10.3. The van der Waals surface area contributed by atoms with Crippen LogP contribution in [-0.4, -0.2) is 31.6 Å². The summed E-state index contributed by atoms with van der Waals surface area (Å²) in [7, 11) is 0. The van der Waals surface area contributed by atoms with Crippen LogP contribution in [0.5, 0.6) is 0 Å². The maximum Gasteiger partial charge on any atom is 0.139 e. The van der Waals surface area contributed by atoms with Gasteiger partial charge in [-0.1, -0.05) is 36.1 Å². The minimum Gasteiger partial charge on any atom is -0.339 e. The van der Waals surface area contributed by atoms with E-state index in [0.717, 1.165) is 30.0 Å². The van der Waals surface area contributed by atoms with Crippen molar-refractivity contribution in [2.75, 3.05) is 12.5 Å². The Hall–Kier alpha value is -0.950. The summed E-state index contributed by atoms with van der Waals surface area (Å²) < 4.78 is 1.00. The Labute approximate surface area is 132 Å². The summed E-state index contributed by atoms with van der Waals surface area (Å²) >= 11 is 9.00. The lowest BCUT2D eigenvalue weighted by molar-refractivity contribution is 0.201. The molecule has 1 aliphatic heterocycles. The molecule has 0 aromatic carbocycles. The van der Waals surface area contributed by atoms with E-state index in [0.29, 0.717) is 0 Å². The van der Waals surface area contributed by atoms with E-state index in [1.54, 1.807) is 23.1 Å². The Morgan fingerprint density at radius 1 is 1.25 bits per heavy atom. The van der Waals surface area contributed by atoms with Gasteiger partial charge in [0.05, 0.1) is 19.1 Å². The minimum atomic E-state index is 0.888. The van der Waals surface area contributed by atoms with Crippen molar-refractivity contribution < 1.29 is 0 Å². The van der Waals surface area contributed by atoms with Crippen LogP contribution in [0.4, 0.5) is 0 Å². The van der Waals surface area contributed by atoms with Gasteiger partial charge in [-0.05, 0) is 23.1 Å². The first kappa shape index (κ1) is 14.0. The molecule has 0 spiro atoms. The summed E-state index contributed by atoms with van der Waals surface area (Å²) in [6.07, 6.45) is 3.74. The van der Waals surface area contributed by atoms with Crippen LogP contribution in [0, 0.1) is 0 Å². The normalized spacial score (nSPS) is 16.6. The number of hydrogen-bond acceptors (Lipinski definition) is 5. The molecule has 0 aliphatic carbocycles. The molecule has 104 valence electrons. The van der Waals surface area contributed by atoms with Crippen LogP contribution in [-0.2, 0) is 13.1 Å². The van der Waals surface area contributed by atoms with Gasteiger partial charge in [-0.25, -0.2) is 0 Å². The van der Waals surface area contributed by atoms with Gasteiger partial charge in [-0.3, -0.25) is 9.88 Å². The second-order valence-electron chi connectivity index (χ2n) is 4.65. The molecule has 1 saturated heterocycles. The van der Waals surface area contributed by atoms with Crippen LogP contribution in [0.3, 0.4) is 0 Å². The Kier molecular flexibility index (Phi) is 4.67. The summed E-state index contributed by atoms with van der Waals surface area (Å²) in [5.74, 6) is 0.953. The predicted octanol–water partition coefficient (Wildman–Crippen LogP) is 3.39. The summed E-state index contributed by atoms with van der Waals surface area (Å²) in [6, 6.07) is 8.36. The van der Waals surface area contributed by atoms with Gasteiger partial charge in [0.2, 0.25) is 0 Å². The Bertz CT molecular complexity index is 556. The van der Waals surface area contributed by atoms with Gasteiger partial charge in [-0.2, -0.15) is 0 Å². The van der Waals surface area contributed by atoms with Crippen LogP contribution in [0.15, 0.2) is 42.0 Å². The molecule has 3 heterocycles. The largest absolute Gasteiger partial charge is 0.339 e. The molecule has 0 N–H and O–H groups in total. The molecule has 0 unspecified atom stereocenters. The zero-order valence-electron chi connectivity index (χ0n) is 10.9. The molecule has 1 fully saturated rings. The van der Waals surface area contributed by atoms with E-state index in [1.165, 1.54) is 10.4 Å². The number of hydrogen-bond donors (Lipinski definition) is 0. The molecule has 3 nitrogen and oxygen atoms in total. The summed E-state index contributed by atoms with van der Waals surface area (Å²) in [6.45, 7) is 2.72. The van der Waals surface area contributed by atoms with Crippen LogP contribution in [0.1, 0.15) is 10.4 Å². The summed E-state index contributed by atoms with van der Waals surface area (Å²) in [4.78, 5) is 10.2. The van der Waals surface area contributed by atoms with E-state index in [1.807, 2.05) is 18.5 Å². The smallest absolute Gasteiger partial charge is 0.139 e. The predicted molar refractivity (Wildman–Crippen MR) is 89.6 cm³/mol. The molecule has 0 bridgehead atoms. The maximum atomic E-state index is 5.47. The van der Waals surface area contributed by atoms with Gasteiger partial charge in [0.25, 0.3) is 0 Å². The Balaban J connectivity index is 1.62. The summed E-state index contributed by atoms with van der Waals surface area (Å²) in [5.41, 5.74) is 1.25. The van der Waals surface area contributed by atoms with Crippen LogP contribution >= 0.6 is 35.3 Å². The number of thioether (sulfide) groups is 1. The van der Waals surface area contributed by atoms with Gasteiger partial charge in [0, 0.05) is 23.8 Å². The molecule has 3 rings (SSSR count). The van der Waals surface area contributed by atoms with Gasteiger partial charge >= 0.3 is 0 Å². The standard InChI is InChI=1S/C14H15N3S3/c18-14-17(9-13-4-2-6-19-13)10-16(11-20-14)8-12-3-1-5-15-7-12/h1-7H,8-11H2. The molecule has 2 aromatic rings. The molecule has 2 aromatic heterocycles. The van der Waals surface area contributed by atoms with Crippen molar-refractivity contribution in [2.45, 2.75) is 13.1 Å². The fourth-order valence-electron chi connectivity index (χ4n) is 2.13. The molecule has 6 heteroatoms. The molecule has 0 atom stereocenters. The number of aromatic nitrogens is 1. The SMILES string of the molecule is S=C1SCN(Cc2cccnc2)CN1Cc1cccs1. The Morgan fingerprint density at radius 3 is 2.95 bits per heavy atom. The first-order chi connectivity index (χ1) is 9.81. The van der Waals surface area contributed by atoms with Crippen molar-refractivity contribution in [1.29, 1.82) is 0 Å². The van der Waals surface area contributed by atoms with E-state index in [4.69, 9.17) is 12.2 Å². The average molecular weight is 321 g/mol. The molecule has 0 saturated carbocycles. The average Bonchev–Trinajstić information content (AvgIpc) is 2.97. The highest BCUT2D eigenvalue weighted by Gasteiger charge is 2.22. The zero-order valence-corrected chi connectivity index (χ0v) is 13.4. The first-order valence-electron chi connectivity index (χ1n) is 6.36. The molecule has 20 heavy (non-hydrogen) atoms. The van der Waals surface area contributed by atoms with Crippen molar-refractivity contribution >= 4 is 39.6 Å². The molecule has 0 amide bonds. The number of nitrogens with zero attached hydrogens (tertiary/aromatic N) is 3. The van der Waals surface area contributed by atoms with Crippen LogP contribution in [0.25, 0.3) is 0 Å². The lowest BCUT2D eigenvalue weighted by Gasteiger charge is -2.36. The van der Waals surface area contributed by atoms with Gasteiger partial charge in [-0.15, -0.1) is 11.3 Å². The third kappa shape index (κ3) is 3.58. The first-order valence-corrected chi connectivity index (χ1v) is 8.64. The van der Waals surface area contributed by atoms with Crippen LogP contribution < -0.4 is 0 Å². The fourth-order valence-corrected chi connectivity index (χ4v) is 3.90. The maximum absolute atomic E-state index is 5.47.